The van der Waals surface area contributed by atoms with Gasteiger partial charge in [-0.3, -0.25) is 4.79 Å². The minimum atomic E-state index is -0.272. The zero-order valence-corrected chi connectivity index (χ0v) is 10.4. The van der Waals surface area contributed by atoms with Crippen LogP contribution >= 0.6 is 11.6 Å². The van der Waals surface area contributed by atoms with E-state index in [1.807, 2.05) is 0 Å². The molecule has 2 aliphatic carbocycles. The number of ether oxygens (including phenoxy) is 1. The molecular weight excluding hydrogens is 212 g/mol. The standard InChI is InChI=1S/C12H19ClO2/c1-11(2)8-4-5-12(11,3)9(6-8)15-10(14)7-13/h8-9H,4-7H2,1-3H3/t8-,9-,12+/m0/s1. The van der Waals surface area contributed by atoms with Crippen LogP contribution in [0.1, 0.15) is 40.0 Å². The molecule has 0 aliphatic heterocycles. The molecule has 3 atom stereocenters. The van der Waals surface area contributed by atoms with Gasteiger partial charge in [0, 0.05) is 5.41 Å². The first kappa shape index (κ1) is 11.3. The van der Waals surface area contributed by atoms with Crippen molar-refractivity contribution in [2.75, 3.05) is 5.88 Å². The molecule has 2 saturated carbocycles. The SMILES string of the molecule is CC1(C)[C@H]2CC[C@]1(C)[C@@H](OC(=O)CCl)C2. The van der Waals surface area contributed by atoms with E-state index in [9.17, 15) is 4.79 Å². The van der Waals surface area contributed by atoms with Gasteiger partial charge in [-0.05, 0) is 30.6 Å². The van der Waals surface area contributed by atoms with Gasteiger partial charge in [-0.15, -0.1) is 11.6 Å². The second-order valence-electron chi connectivity index (χ2n) is 5.72. The van der Waals surface area contributed by atoms with Crippen LogP contribution in [0.5, 0.6) is 0 Å². The Balaban J connectivity index is 2.15. The van der Waals surface area contributed by atoms with E-state index in [1.165, 1.54) is 12.8 Å². The highest BCUT2D eigenvalue weighted by atomic mass is 35.5. The summed E-state index contributed by atoms with van der Waals surface area (Å²) in [5, 5.41) is 0. The summed E-state index contributed by atoms with van der Waals surface area (Å²) >= 11 is 5.47. The number of carbonyl (C=O) groups excluding carboxylic acids is 1. The smallest absolute Gasteiger partial charge is 0.321 e. The fourth-order valence-corrected chi connectivity index (χ4v) is 3.56. The average molecular weight is 231 g/mol. The normalized spacial score (nSPS) is 41.9. The predicted molar refractivity (Wildman–Crippen MR) is 59.8 cm³/mol. The van der Waals surface area contributed by atoms with Crippen LogP contribution in [-0.2, 0) is 9.53 Å². The Morgan fingerprint density at radius 2 is 2.13 bits per heavy atom. The van der Waals surface area contributed by atoms with Crippen molar-refractivity contribution in [2.24, 2.45) is 16.7 Å². The van der Waals surface area contributed by atoms with Gasteiger partial charge in [0.05, 0.1) is 0 Å². The van der Waals surface area contributed by atoms with Crippen LogP contribution in [0.2, 0.25) is 0 Å². The van der Waals surface area contributed by atoms with Crippen LogP contribution in [0.3, 0.4) is 0 Å². The predicted octanol–water partition coefficient (Wildman–Crippen LogP) is 2.98. The molecule has 0 heterocycles. The molecule has 0 radical (unpaired) electrons. The van der Waals surface area contributed by atoms with E-state index < -0.39 is 0 Å². The molecule has 2 fully saturated rings. The molecule has 0 amide bonds. The quantitative estimate of drug-likeness (QED) is 0.539. The third kappa shape index (κ3) is 1.41. The Morgan fingerprint density at radius 1 is 1.47 bits per heavy atom. The summed E-state index contributed by atoms with van der Waals surface area (Å²) in [4.78, 5) is 11.2. The molecule has 0 N–H and O–H groups in total. The van der Waals surface area contributed by atoms with Crippen LogP contribution in [0.25, 0.3) is 0 Å². The van der Waals surface area contributed by atoms with Crippen molar-refractivity contribution in [3.05, 3.63) is 0 Å². The van der Waals surface area contributed by atoms with Crippen molar-refractivity contribution < 1.29 is 9.53 Å². The molecule has 0 aromatic carbocycles. The summed E-state index contributed by atoms with van der Waals surface area (Å²) in [6.07, 6.45) is 3.55. The number of esters is 1. The highest BCUT2D eigenvalue weighted by molar-refractivity contribution is 6.26. The van der Waals surface area contributed by atoms with Crippen molar-refractivity contribution in [1.82, 2.24) is 0 Å². The summed E-state index contributed by atoms with van der Waals surface area (Å²) in [6.45, 7) is 6.87. The topological polar surface area (TPSA) is 26.3 Å². The molecule has 2 nitrogen and oxygen atoms in total. The molecule has 2 rings (SSSR count). The number of halogens is 1. The maximum absolute atomic E-state index is 11.2. The number of alkyl halides is 1. The van der Waals surface area contributed by atoms with E-state index in [4.69, 9.17) is 16.3 Å². The average Bonchev–Trinajstić information content (AvgIpc) is 2.50. The Morgan fingerprint density at radius 3 is 2.53 bits per heavy atom. The summed E-state index contributed by atoms with van der Waals surface area (Å²) in [6, 6.07) is 0. The maximum Gasteiger partial charge on any atom is 0.321 e. The van der Waals surface area contributed by atoms with Crippen LogP contribution in [0, 0.1) is 16.7 Å². The molecule has 86 valence electrons. The van der Waals surface area contributed by atoms with Gasteiger partial charge in [0.2, 0.25) is 0 Å². The van der Waals surface area contributed by atoms with E-state index in [2.05, 4.69) is 20.8 Å². The largest absolute Gasteiger partial charge is 0.461 e. The molecule has 2 bridgehead atoms. The summed E-state index contributed by atoms with van der Waals surface area (Å²) in [5.74, 6) is 0.402. The number of hydrogen-bond acceptors (Lipinski definition) is 2. The number of carbonyl (C=O) groups is 1. The Kier molecular flexibility index (Phi) is 2.53. The second kappa shape index (κ2) is 3.38. The fraction of sp³-hybridized carbons (Fsp3) is 0.917. The van der Waals surface area contributed by atoms with Gasteiger partial charge in [-0.2, -0.15) is 0 Å². The van der Waals surface area contributed by atoms with Crippen LogP contribution in [-0.4, -0.2) is 18.0 Å². The monoisotopic (exact) mass is 230 g/mol. The van der Waals surface area contributed by atoms with Gasteiger partial charge in [0.15, 0.2) is 0 Å². The molecule has 0 aromatic rings. The van der Waals surface area contributed by atoms with Crippen LogP contribution < -0.4 is 0 Å². The van der Waals surface area contributed by atoms with E-state index in [1.54, 1.807) is 0 Å². The van der Waals surface area contributed by atoms with Gasteiger partial charge >= 0.3 is 5.97 Å². The Labute approximate surface area is 96.3 Å². The van der Waals surface area contributed by atoms with Crippen molar-refractivity contribution >= 4 is 17.6 Å². The number of rotatable bonds is 2. The summed E-state index contributed by atoms with van der Waals surface area (Å²) < 4.78 is 5.46. The van der Waals surface area contributed by atoms with Crippen molar-refractivity contribution in [3.8, 4) is 0 Å². The fourth-order valence-electron chi connectivity index (χ4n) is 3.50. The van der Waals surface area contributed by atoms with Crippen LogP contribution in [0.4, 0.5) is 0 Å². The van der Waals surface area contributed by atoms with E-state index in [0.29, 0.717) is 11.3 Å². The van der Waals surface area contributed by atoms with Crippen molar-refractivity contribution in [3.63, 3.8) is 0 Å². The first-order valence-corrected chi connectivity index (χ1v) is 6.20. The number of hydrogen-bond donors (Lipinski definition) is 0. The highest BCUT2D eigenvalue weighted by Gasteiger charge is 2.62. The first-order valence-electron chi connectivity index (χ1n) is 5.67. The van der Waals surface area contributed by atoms with E-state index >= 15 is 0 Å². The molecule has 0 spiro atoms. The van der Waals surface area contributed by atoms with E-state index in [-0.39, 0.29) is 23.4 Å². The van der Waals surface area contributed by atoms with Gasteiger partial charge in [-0.25, -0.2) is 0 Å². The molecular formula is C12H19ClO2. The Hall–Kier alpha value is -0.240. The van der Waals surface area contributed by atoms with E-state index in [0.717, 1.165) is 6.42 Å². The lowest BCUT2D eigenvalue weighted by atomic mass is 9.70. The molecule has 15 heavy (non-hydrogen) atoms. The number of fused-ring (bicyclic) bond motifs is 2. The lowest BCUT2D eigenvalue weighted by Crippen LogP contribution is -2.38. The molecule has 2 aliphatic rings. The molecule has 3 heteroatoms. The van der Waals surface area contributed by atoms with Gasteiger partial charge in [0.25, 0.3) is 0 Å². The summed E-state index contributed by atoms with van der Waals surface area (Å²) in [7, 11) is 0. The van der Waals surface area contributed by atoms with Crippen LogP contribution in [0.15, 0.2) is 0 Å². The molecule has 0 saturated heterocycles. The lowest BCUT2D eigenvalue weighted by Gasteiger charge is -2.38. The molecule has 0 aromatic heterocycles. The third-order valence-electron chi connectivity index (χ3n) is 5.10. The highest BCUT2D eigenvalue weighted by Crippen LogP contribution is 2.66. The maximum atomic E-state index is 11.2. The third-order valence-corrected chi connectivity index (χ3v) is 5.31. The van der Waals surface area contributed by atoms with Gasteiger partial charge < -0.3 is 4.74 Å². The first-order chi connectivity index (χ1) is 6.91. The zero-order valence-electron chi connectivity index (χ0n) is 9.68. The zero-order chi connectivity index (χ0) is 11.3. The lowest BCUT2D eigenvalue weighted by molar-refractivity contribution is -0.153. The second-order valence-corrected chi connectivity index (χ2v) is 5.99. The minimum absolute atomic E-state index is 0.0301. The van der Waals surface area contributed by atoms with Gasteiger partial charge in [-0.1, -0.05) is 20.8 Å². The minimum Gasteiger partial charge on any atom is -0.461 e. The van der Waals surface area contributed by atoms with Crippen molar-refractivity contribution in [1.29, 1.82) is 0 Å². The summed E-state index contributed by atoms with van der Waals surface area (Å²) in [5.41, 5.74) is 0.448. The molecule has 0 unspecified atom stereocenters. The van der Waals surface area contributed by atoms with Gasteiger partial charge in [0.1, 0.15) is 12.0 Å². The Bertz CT molecular complexity index is 287. The van der Waals surface area contributed by atoms with Crippen molar-refractivity contribution in [2.45, 2.75) is 46.1 Å².